The molecule has 1 N–H and O–H groups in total. The molecule has 140 valence electrons. The summed E-state index contributed by atoms with van der Waals surface area (Å²) >= 11 is 1.31. The summed E-state index contributed by atoms with van der Waals surface area (Å²) < 4.78 is 19.1. The lowest BCUT2D eigenvalue weighted by atomic mass is 10.1. The van der Waals surface area contributed by atoms with Gasteiger partial charge in [-0.1, -0.05) is 18.2 Å². The van der Waals surface area contributed by atoms with Crippen molar-refractivity contribution in [1.29, 1.82) is 0 Å². The van der Waals surface area contributed by atoms with Gasteiger partial charge in [-0.05, 0) is 44.4 Å². The van der Waals surface area contributed by atoms with E-state index in [0.717, 1.165) is 23.6 Å². The van der Waals surface area contributed by atoms with Crippen molar-refractivity contribution >= 4 is 22.4 Å². The van der Waals surface area contributed by atoms with E-state index < -0.39 is 11.7 Å². The summed E-state index contributed by atoms with van der Waals surface area (Å²) in [6.45, 7) is 1.37. The van der Waals surface area contributed by atoms with Crippen molar-refractivity contribution in [1.82, 2.24) is 9.88 Å². The lowest BCUT2D eigenvalue weighted by Crippen LogP contribution is -2.19. The number of anilines is 1. The maximum Gasteiger partial charge on any atom is 0.257 e. The van der Waals surface area contributed by atoms with Gasteiger partial charge in [0.15, 0.2) is 5.13 Å². The van der Waals surface area contributed by atoms with Crippen LogP contribution in [-0.4, -0.2) is 43.0 Å². The summed E-state index contributed by atoms with van der Waals surface area (Å²) in [4.78, 5) is 18.8. The van der Waals surface area contributed by atoms with Crippen LogP contribution in [0.1, 0.15) is 10.4 Å². The molecule has 0 fully saturated rings. The van der Waals surface area contributed by atoms with Crippen LogP contribution in [0.4, 0.5) is 9.52 Å². The smallest absolute Gasteiger partial charge is 0.257 e. The van der Waals surface area contributed by atoms with Crippen molar-refractivity contribution in [3.8, 4) is 17.0 Å². The zero-order valence-corrected chi connectivity index (χ0v) is 15.9. The van der Waals surface area contributed by atoms with Gasteiger partial charge in [-0.3, -0.25) is 10.1 Å². The lowest BCUT2D eigenvalue weighted by Gasteiger charge is -2.13. The van der Waals surface area contributed by atoms with Crippen LogP contribution in [-0.2, 0) is 0 Å². The van der Waals surface area contributed by atoms with Gasteiger partial charge >= 0.3 is 0 Å². The number of halogens is 1. The van der Waals surface area contributed by atoms with E-state index in [1.165, 1.54) is 29.5 Å². The van der Waals surface area contributed by atoms with Gasteiger partial charge in [0.2, 0.25) is 0 Å². The minimum atomic E-state index is -0.453. The molecule has 0 aliphatic heterocycles. The Morgan fingerprint density at radius 3 is 2.81 bits per heavy atom. The van der Waals surface area contributed by atoms with Crippen molar-refractivity contribution in [2.24, 2.45) is 0 Å². The zero-order valence-electron chi connectivity index (χ0n) is 15.1. The fourth-order valence-corrected chi connectivity index (χ4v) is 3.10. The summed E-state index contributed by atoms with van der Waals surface area (Å²) in [6, 6.07) is 13.2. The van der Waals surface area contributed by atoms with Gasteiger partial charge in [0.05, 0.1) is 5.69 Å². The summed E-state index contributed by atoms with van der Waals surface area (Å²) in [5, 5.41) is 5.01. The number of hydrogen-bond acceptors (Lipinski definition) is 5. The zero-order chi connectivity index (χ0) is 19.2. The number of carbonyl (C=O) groups is 1. The number of thiazole rings is 1. The Morgan fingerprint density at radius 2 is 2.04 bits per heavy atom. The molecule has 7 heteroatoms. The van der Waals surface area contributed by atoms with Crippen molar-refractivity contribution in [2.75, 3.05) is 32.6 Å². The van der Waals surface area contributed by atoms with Crippen molar-refractivity contribution in [2.45, 2.75) is 0 Å². The third-order valence-electron chi connectivity index (χ3n) is 3.77. The maximum atomic E-state index is 13.3. The number of nitrogens with one attached hydrogen (secondary N) is 1. The highest BCUT2D eigenvalue weighted by Crippen LogP contribution is 2.32. The highest BCUT2D eigenvalue weighted by atomic mass is 32.1. The SMILES string of the molecule is CN(C)CCOc1ccccc1-c1csc(NC(=O)c2cccc(F)c2)n1. The first kappa shape index (κ1) is 19.0. The first-order valence-corrected chi connectivity index (χ1v) is 9.30. The molecule has 1 aromatic heterocycles. The molecular formula is C20H20FN3O2S. The molecule has 27 heavy (non-hydrogen) atoms. The average molecular weight is 385 g/mol. The Bertz CT molecular complexity index is 927. The molecule has 3 aromatic rings. The molecule has 2 aromatic carbocycles. The standard InChI is InChI=1S/C20H20FN3O2S/c1-24(2)10-11-26-18-9-4-3-8-16(18)17-13-27-20(22-17)23-19(25)14-6-5-7-15(21)12-14/h3-9,12-13H,10-11H2,1-2H3,(H,22,23,25). The Kier molecular flexibility index (Phi) is 6.16. The summed E-state index contributed by atoms with van der Waals surface area (Å²) in [5.41, 5.74) is 1.83. The first-order chi connectivity index (χ1) is 13.0. The third-order valence-corrected chi connectivity index (χ3v) is 4.53. The van der Waals surface area contributed by atoms with E-state index in [1.807, 2.05) is 48.6 Å². The van der Waals surface area contributed by atoms with Crippen LogP contribution in [0.2, 0.25) is 0 Å². The molecule has 0 spiro atoms. The number of hydrogen-bond donors (Lipinski definition) is 1. The van der Waals surface area contributed by atoms with E-state index in [2.05, 4.69) is 10.3 Å². The monoisotopic (exact) mass is 385 g/mol. The number of para-hydroxylation sites is 1. The van der Waals surface area contributed by atoms with Crippen LogP contribution in [0, 0.1) is 5.82 Å². The minimum absolute atomic E-state index is 0.249. The molecule has 1 amide bonds. The quantitative estimate of drug-likeness (QED) is 0.664. The summed E-state index contributed by atoms with van der Waals surface area (Å²) in [6.07, 6.45) is 0. The molecule has 0 radical (unpaired) electrons. The van der Waals surface area contributed by atoms with Crippen LogP contribution < -0.4 is 10.1 Å². The van der Waals surface area contributed by atoms with E-state index in [9.17, 15) is 9.18 Å². The Balaban J connectivity index is 1.73. The number of amides is 1. The molecule has 0 unspecified atom stereocenters. The van der Waals surface area contributed by atoms with Gasteiger partial charge in [0, 0.05) is 23.1 Å². The average Bonchev–Trinajstić information content (AvgIpc) is 3.10. The molecule has 0 saturated carbocycles. The van der Waals surface area contributed by atoms with Gasteiger partial charge in [-0.25, -0.2) is 9.37 Å². The predicted molar refractivity (Wildman–Crippen MR) is 106 cm³/mol. The number of nitrogens with zero attached hydrogens (tertiary/aromatic N) is 2. The van der Waals surface area contributed by atoms with Crippen molar-refractivity contribution in [3.05, 3.63) is 65.3 Å². The molecule has 1 heterocycles. The van der Waals surface area contributed by atoms with Gasteiger partial charge in [0.25, 0.3) is 5.91 Å². The lowest BCUT2D eigenvalue weighted by molar-refractivity contribution is 0.102. The second kappa shape index (κ2) is 8.75. The van der Waals surface area contributed by atoms with Crippen molar-refractivity contribution < 1.29 is 13.9 Å². The molecule has 0 saturated heterocycles. The number of benzene rings is 2. The van der Waals surface area contributed by atoms with Crippen LogP contribution in [0.5, 0.6) is 5.75 Å². The number of likely N-dealkylation sites (N-methyl/N-ethyl adjacent to an activating group) is 1. The summed E-state index contributed by atoms with van der Waals surface area (Å²) in [7, 11) is 3.98. The molecule has 0 bridgehead atoms. The molecule has 3 rings (SSSR count). The highest BCUT2D eigenvalue weighted by molar-refractivity contribution is 7.14. The maximum absolute atomic E-state index is 13.3. The minimum Gasteiger partial charge on any atom is -0.492 e. The molecule has 5 nitrogen and oxygen atoms in total. The van der Waals surface area contributed by atoms with Crippen molar-refractivity contribution in [3.63, 3.8) is 0 Å². The van der Waals surface area contributed by atoms with Gasteiger partial charge in [0.1, 0.15) is 18.2 Å². The Hall–Kier alpha value is -2.77. The van der Waals surface area contributed by atoms with Crippen LogP contribution in [0.15, 0.2) is 53.9 Å². The van der Waals surface area contributed by atoms with Gasteiger partial charge in [-0.15, -0.1) is 11.3 Å². The fraction of sp³-hybridized carbons (Fsp3) is 0.200. The van der Waals surface area contributed by atoms with Gasteiger partial charge in [-0.2, -0.15) is 0 Å². The number of aromatic nitrogens is 1. The normalized spacial score (nSPS) is 10.8. The van der Waals surface area contributed by atoms with E-state index in [-0.39, 0.29) is 5.56 Å². The highest BCUT2D eigenvalue weighted by Gasteiger charge is 2.13. The van der Waals surface area contributed by atoms with E-state index in [0.29, 0.717) is 11.7 Å². The number of rotatable bonds is 7. The molecule has 0 aliphatic rings. The molecule has 0 aliphatic carbocycles. The molecular weight excluding hydrogens is 365 g/mol. The second-order valence-corrected chi connectivity index (χ2v) is 7.01. The van der Waals surface area contributed by atoms with E-state index in [4.69, 9.17) is 4.74 Å². The van der Waals surface area contributed by atoms with Crippen LogP contribution >= 0.6 is 11.3 Å². The van der Waals surface area contributed by atoms with Crippen LogP contribution in [0.3, 0.4) is 0 Å². The van der Waals surface area contributed by atoms with Gasteiger partial charge < -0.3 is 9.64 Å². The first-order valence-electron chi connectivity index (χ1n) is 8.42. The van der Waals surface area contributed by atoms with E-state index >= 15 is 0 Å². The second-order valence-electron chi connectivity index (χ2n) is 6.15. The molecule has 0 atom stereocenters. The van der Waals surface area contributed by atoms with E-state index in [1.54, 1.807) is 6.07 Å². The number of carbonyl (C=O) groups excluding carboxylic acids is 1. The Morgan fingerprint density at radius 1 is 1.22 bits per heavy atom. The summed E-state index contributed by atoms with van der Waals surface area (Å²) in [5.74, 6) is -0.107. The van der Waals surface area contributed by atoms with Crippen LogP contribution in [0.25, 0.3) is 11.3 Å². The third kappa shape index (κ3) is 5.12. The fourth-order valence-electron chi connectivity index (χ4n) is 2.40. The largest absolute Gasteiger partial charge is 0.492 e. The number of ether oxygens (including phenoxy) is 1. The topological polar surface area (TPSA) is 54.5 Å². The predicted octanol–water partition coefficient (Wildman–Crippen LogP) is 4.14. The Labute approximate surface area is 161 Å².